The summed E-state index contributed by atoms with van der Waals surface area (Å²) < 4.78 is 13.3. The largest absolute Gasteiger partial charge is 0.394 e. The number of aliphatic hydroxyl groups is 1. The second-order valence-corrected chi connectivity index (χ2v) is 4.05. The molecule has 0 spiro atoms. The third kappa shape index (κ3) is 2.27. The van der Waals surface area contributed by atoms with E-state index in [1.54, 1.807) is 13.0 Å². The summed E-state index contributed by atoms with van der Waals surface area (Å²) in [7, 11) is 0. The van der Waals surface area contributed by atoms with Crippen molar-refractivity contribution >= 4 is 15.9 Å². The lowest BCUT2D eigenvalue weighted by Gasteiger charge is -2.23. The topological polar surface area (TPSA) is 46.2 Å². The Labute approximate surface area is 84.7 Å². The predicted octanol–water partition coefficient (Wildman–Crippen LogP) is 1.75. The standard InChI is InChI=1S/C9H11BrFNO/c1-9(12,5-13)7-3-2-6(11)4-8(7)10/h2-4,13H,5,12H2,1H3/t9-/m1/s1. The van der Waals surface area contributed by atoms with Gasteiger partial charge in [0, 0.05) is 4.47 Å². The van der Waals surface area contributed by atoms with Gasteiger partial charge in [0.05, 0.1) is 12.1 Å². The quantitative estimate of drug-likeness (QED) is 0.837. The molecule has 0 saturated carbocycles. The van der Waals surface area contributed by atoms with E-state index in [0.29, 0.717) is 10.0 Å². The van der Waals surface area contributed by atoms with E-state index in [9.17, 15) is 4.39 Å². The van der Waals surface area contributed by atoms with E-state index in [0.717, 1.165) is 0 Å². The lowest BCUT2D eigenvalue weighted by atomic mass is 9.94. The molecule has 72 valence electrons. The first-order chi connectivity index (χ1) is 5.97. The van der Waals surface area contributed by atoms with Crippen LogP contribution in [0.25, 0.3) is 0 Å². The van der Waals surface area contributed by atoms with Crippen LogP contribution in [0.3, 0.4) is 0 Å². The number of rotatable bonds is 2. The van der Waals surface area contributed by atoms with Gasteiger partial charge in [-0.25, -0.2) is 4.39 Å². The highest BCUT2D eigenvalue weighted by Gasteiger charge is 2.22. The lowest BCUT2D eigenvalue weighted by molar-refractivity contribution is 0.209. The van der Waals surface area contributed by atoms with Crippen LogP contribution in [0.1, 0.15) is 12.5 Å². The number of nitrogens with two attached hydrogens (primary N) is 1. The number of hydrogen-bond donors (Lipinski definition) is 2. The van der Waals surface area contributed by atoms with Crippen molar-refractivity contribution in [3.05, 3.63) is 34.1 Å². The van der Waals surface area contributed by atoms with E-state index in [4.69, 9.17) is 10.8 Å². The summed E-state index contributed by atoms with van der Waals surface area (Å²) in [5.74, 6) is -0.329. The van der Waals surface area contributed by atoms with Crippen LogP contribution in [-0.4, -0.2) is 11.7 Å². The predicted molar refractivity (Wildman–Crippen MR) is 52.7 cm³/mol. The Morgan fingerprint density at radius 3 is 2.69 bits per heavy atom. The summed E-state index contributed by atoms with van der Waals surface area (Å²) in [6.45, 7) is 1.50. The Kier molecular flexibility index (Phi) is 3.05. The smallest absolute Gasteiger partial charge is 0.124 e. The molecule has 0 bridgehead atoms. The van der Waals surface area contributed by atoms with Crippen LogP contribution in [0.5, 0.6) is 0 Å². The molecule has 0 saturated heterocycles. The molecule has 0 unspecified atom stereocenters. The van der Waals surface area contributed by atoms with Gasteiger partial charge in [0.2, 0.25) is 0 Å². The van der Waals surface area contributed by atoms with Gasteiger partial charge in [-0.15, -0.1) is 0 Å². The van der Waals surface area contributed by atoms with Gasteiger partial charge < -0.3 is 10.8 Å². The van der Waals surface area contributed by atoms with Crippen LogP contribution in [0, 0.1) is 5.82 Å². The summed E-state index contributed by atoms with van der Waals surface area (Å²) in [4.78, 5) is 0. The van der Waals surface area contributed by atoms with Crippen molar-refractivity contribution < 1.29 is 9.50 Å². The molecule has 0 aromatic heterocycles. The maximum absolute atomic E-state index is 12.7. The van der Waals surface area contributed by atoms with Crippen molar-refractivity contribution in [2.75, 3.05) is 6.61 Å². The van der Waals surface area contributed by atoms with Gasteiger partial charge in [-0.05, 0) is 24.6 Å². The summed E-state index contributed by atoms with van der Waals surface area (Å²) in [6.07, 6.45) is 0. The minimum absolute atomic E-state index is 0.183. The molecular formula is C9H11BrFNO. The molecule has 4 heteroatoms. The molecule has 1 aromatic carbocycles. The molecule has 1 atom stereocenters. The third-order valence-electron chi connectivity index (χ3n) is 1.87. The third-order valence-corrected chi connectivity index (χ3v) is 2.53. The summed E-state index contributed by atoms with van der Waals surface area (Å²) >= 11 is 3.19. The van der Waals surface area contributed by atoms with Crippen LogP contribution in [0.4, 0.5) is 4.39 Å². The Hall–Kier alpha value is -0.450. The van der Waals surface area contributed by atoms with E-state index >= 15 is 0 Å². The van der Waals surface area contributed by atoms with Crippen molar-refractivity contribution in [1.29, 1.82) is 0 Å². The zero-order chi connectivity index (χ0) is 10.1. The highest BCUT2D eigenvalue weighted by molar-refractivity contribution is 9.10. The van der Waals surface area contributed by atoms with E-state index < -0.39 is 5.54 Å². The molecule has 0 fully saturated rings. The molecular weight excluding hydrogens is 237 g/mol. The molecule has 0 amide bonds. The van der Waals surface area contributed by atoms with Gasteiger partial charge in [-0.1, -0.05) is 22.0 Å². The van der Waals surface area contributed by atoms with Crippen molar-refractivity contribution in [1.82, 2.24) is 0 Å². The Bertz CT molecular complexity index is 314. The van der Waals surface area contributed by atoms with E-state index in [1.165, 1.54) is 12.1 Å². The molecule has 1 rings (SSSR count). The van der Waals surface area contributed by atoms with Crippen molar-refractivity contribution in [2.45, 2.75) is 12.5 Å². The van der Waals surface area contributed by atoms with Gasteiger partial charge in [0.1, 0.15) is 5.82 Å². The Morgan fingerprint density at radius 2 is 2.23 bits per heavy atom. The monoisotopic (exact) mass is 247 g/mol. The average Bonchev–Trinajstić information content (AvgIpc) is 2.03. The zero-order valence-corrected chi connectivity index (χ0v) is 8.81. The van der Waals surface area contributed by atoms with Crippen molar-refractivity contribution in [2.24, 2.45) is 5.73 Å². The van der Waals surface area contributed by atoms with E-state index in [-0.39, 0.29) is 12.4 Å². The average molecular weight is 248 g/mol. The van der Waals surface area contributed by atoms with Gasteiger partial charge in [-0.3, -0.25) is 0 Å². The van der Waals surface area contributed by atoms with Gasteiger partial charge >= 0.3 is 0 Å². The molecule has 0 aliphatic rings. The molecule has 3 N–H and O–H groups in total. The fourth-order valence-electron chi connectivity index (χ4n) is 1.04. The number of hydrogen-bond acceptors (Lipinski definition) is 2. The SMILES string of the molecule is C[C@@](N)(CO)c1ccc(F)cc1Br. The van der Waals surface area contributed by atoms with Crippen LogP contribution >= 0.6 is 15.9 Å². The summed E-state index contributed by atoms with van der Waals surface area (Å²) in [5, 5.41) is 9.00. The van der Waals surface area contributed by atoms with Gasteiger partial charge in [0.15, 0.2) is 0 Å². The summed E-state index contributed by atoms with van der Waals surface area (Å²) in [5.41, 5.74) is 5.64. The maximum atomic E-state index is 12.7. The van der Waals surface area contributed by atoms with E-state index in [1.807, 2.05) is 0 Å². The van der Waals surface area contributed by atoms with E-state index in [2.05, 4.69) is 15.9 Å². The number of halogens is 2. The molecule has 0 heterocycles. The minimum atomic E-state index is -0.841. The van der Waals surface area contributed by atoms with Crippen molar-refractivity contribution in [3.8, 4) is 0 Å². The van der Waals surface area contributed by atoms with Gasteiger partial charge in [0.25, 0.3) is 0 Å². The van der Waals surface area contributed by atoms with Gasteiger partial charge in [-0.2, -0.15) is 0 Å². The highest BCUT2D eigenvalue weighted by atomic mass is 79.9. The molecule has 1 aromatic rings. The minimum Gasteiger partial charge on any atom is -0.394 e. The maximum Gasteiger partial charge on any atom is 0.124 e. The first-order valence-corrected chi connectivity index (χ1v) is 4.62. The second-order valence-electron chi connectivity index (χ2n) is 3.20. The summed E-state index contributed by atoms with van der Waals surface area (Å²) in [6, 6.07) is 4.21. The highest BCUT2D eigenvalue weighted by Crippen LogP contribution is 2.26. The number of aliphatic hydroxyl groups excluding tert-OH is 1. The Morgan fingerprint density at radius 1 is 1.62 bits per heavy atom. The molecule has 13 heavy (non-hydrogen) atoms. The molecule has 0 aliphatic carbocycles. The van der Waals surface area contributed by atoms with Crippen LogP contribution in [0.15, 0.2) is 22.7 Å². The number of benzene rings is 1. The normalized spacial score (nSPS) is 15.5. The first-order valence-electron chi connectivity index (χ1n) is 3.82. The fourth-order valence-corrected chi connectivity index (χ4v) is 1.84. The molecule has 0 aliphatic heterocycles. The van der Waals surface area contributed by atoms with Crippen molar-refractivity contribution in [3.63, 3.8) is 0 Å². The van der Waals surface area contributed by atoms with Crippen LogP contribution < -0.4 is 5.73 Å². The Balaban J connectivity index is 3.16. The second kappa shape index (κ2) is 3.74. The molecule has 0 radical (unpaired) electrons. The van der Waals surface area contributed by atoms with Crippen LogP contribution in [0.2, 0.25) is 0 Å². The molecule has 2 nitrogen and oxygen atoms in total. The fraction of sp³-hybridized carbons (Fsp3) is 0.333. The first kappa shape index (κ1) is 10.6. The zero-order valence-electron chi connectivity index (χ0n) is 7.22. The lowest BCUT2D eigenvalue weighted by Crippen LogP contribution is -2.37. The van der Waals surface area contributed by atoms with Crippen LogP contribution in [-0.2, 0) is 5.54 Å².